The van der Waals surface area contributed by atoms with E-state index in [1.807, 2.05) is 0 Å². The Morgan fingerprint density at radius 3 is 2.39 bits per heavy atom. The molecule has 0 atom stereocenters. The number of primary amides is 1. The summed E-state index contributed by atoms with van der Waals surface area (Å²) in [6, 6.07) is 1.93. The second kappa shape index (κ2) is 5.43. The standard InChI is InChI=1S/C10H8N2O6/c11-9(15)5-1-7(12-3-13)8(18-4-14)2-6(5)10(16)17/h1-4H,(H2,11,15)(H,12,13)(H,16,17). The fourth-order valence-corrected chi connectivity index (χ4v) is 1.29. The summed E-state index contributed by atoms with van der Waals surface area (Å²) in [4.78, 5) is 42.6. The number of nitrogens with one attached hydrogen (secondary N) is 1. The van der Waals surface area contributed by atoms with Crippen LogP contribution >= 0.6 is 0 Å². The Hall–Kier alpha value is -2.90. The number of anilines is 1. The molecular weight excluding hydrogens is 244 g/mol. The number of rotatable bonds is 6. The molecule has 0 bridgehead atoms. The number of carbonyl (C=O) groups is 4. The molecular formula is C10H8N2O6. The number of nitrogens with two attached hydrogens (primary N) is 1. The quantitative estimate of drug-likeness (QED) is 0.588. The highest BCUT2D eigenvalue weighted by atomic mass is 16.5. The molecule has 0 unspecified atom stereocenters. The lowest BCUT2D eigenvalue weighted by atomic mass is 10.1. The van der Waals surface area contributed by atoms with E-state index in [0.29, 0.717) is 0 Å². The monoisotopic (exact) mass is 252 g/mol. The van der Waals surface area contributed by atoms with Crippen LogP contribution in [0.3, 0.4) is 0 Å². The Kier molecular flexibility index (Phi) is 3.98. The third kappa shape index (κ3) is 2.61. The maximum atomic E-state index is 11.1. The molecule has 8 heteroatoms. The van der Waals surface area contributed by atoms with Gasteiger partial charge in [-0.2, -0.15) is 0 Å². The smallest absolute Gasteiger partial charge is 0.336 e. The minimum absolute atomic E-state index is 0.0455. The van der Waals surface area contributed by atoms with Crippen LogP contribution in [0.4, 0.5) is 5.69 Å². The van der Waals surface area contributed by atoms with Crippen LogP contribution in [0.5, 0.6) is 5.75 Å². The minimum atomic E-state index is -1.42. The zero-order valence-corrected chi connectivity index (χ0v) is 8.88. The lowest BCUT2D eigenvalue weighted by molar-refractivity contribution is -0.120. The summed E-state index contributed by atoms with van der Waals surface area (Å²) in [6.07, 6.45) is 0.276. The summed E-state index contributed by atoms with van der Waals surface area (Å²) >= 11 is 0. The molecule has 0 aromatic heterocycles. The average Bonchev–Trinajstić information content (AvgIpc) is 2.30. The Bertz CT molecular complexity index is 478. The number of benzene rings is 1. The topological polar surface area (TPSA) is 136 Å². The van der Waals surface area contributed by atoms with Crippen LogP contribution < -0.4 is 15.8 Å². The van der Waals surface area contributed by atoms with Crippen molar-refractivity contribution < 1.29 is 29.0 Å². The first-order valence-electron chi connectivity index (χ1n) is 4.53. The second-order valence-electron chi connectivity index (χ2n) is 3.04. The number of carboxylic acid groups (broad SMARTS) is 1. The lowest BCUT2D eigenvalue weighted by Gasteiger charge is -2.10. The molecule has 8 nitrogen and oxygen atoms in total. The van der Waals surface area contributed by atoms with Crippen molar-refractivity contribution >= 4 is 30.4 Å². The van der Waals surface area contributed by atoms with Gasteiger partial charge in [0.25, 0.3) is 6.47 Å². The zero-order chi connectivity index (χ0) is 13.7. The number of carbonyl (C=O) groups excluding carboxylic acids is 3. The van der Waals surface area contributed by atoms with Gasteiger partial charge in [0.1, 0.15) is 0 Å². The van der Waals surface area contributed by atoms with Crippen LogP contribution in [0, 0.1) is 0 Å². The highest BCUT2D eigenvalue weighted by molar-refractivity contribution is 6.06. The van der Waals surface area contributed by atoms with E-state index < -0.39 is 17.4 Å². The molecule has 0 saturated carbocycles. The number of amides is 2. The normalized spacial score (nSPS) is 9.33. The van der Waals surface area contributed by atoms with Crippen LogP contribution in [-0.2, 0) is 9.59 Å². The predicted octanol–water partition coefficient (Wildman–Crippen LogP) is -0.413. The van der Waals surface area contributed by atoms with E-state index in [1.54, 1.807) is 0 Å². The molecule has 1 rings (SSSR count). The van der Waals surface area contributed by atoms with Gasteiger partial charge in [-0.05, 0) is 12.1 Å². The molecule has 1 aromatic rings. The number of carboxylic acids is 1. The first kappa shape index (κ1) is 13.2. The van der Waals surface area contributed by atoms with E-state index in [2.05, 4.69) is 10.1 Å². The minimum Gasteiger partial charge on any atom is -0.478 e. The van der Waals surface area contributed by atoms with Gasteiger partial charge in [-0.25, -0.2) is 4.79 Å². The van der Waals surface area contributed by atoms with E-state index in [4.69, 9.17) is 10.8 Å². The molecule has 0 spiro atoms. The largest absolute Gasteiger partial charge is 0.478 e. The molecule has 18 heavy (non-hydrogen) atoms. The first-order valence-corrected chi connectivity index (χ1v) is 4.53. The van der Waals surface area contributed by atoms with Gasteiger partial charge in [0.05, 0.1) is 16.8 Å². The molecule has 0 saturated heterocycles. The molecule has 0 fully saturated rings. The number of hydrogen-bond acceptors (Lipinski definition) is 5. The van der Waals surface area contributed by atoms with Gasteiger partial charge in [-0.3, -0.25) is 14.4 Å². The first-order chi connectivity index (χ1) is 8.51. The van der Waals surface area contributed by atoms with Gasteiger partial charge >= 0.3 is 5.97 Å². The fraction of sp³-hybridized carbons (Fsp3) is 0. The average molecular weight is 252 g/mol. The molecule has 0 aliphatic heterocycles. The summed E-state index contributed by atoms with van der Waals surface area (Å²) in [5.74, 6) is -2.62. The van der Waals surface area contributed by atoms with Crippen LogP contribution in [0.2, 0.25) is 0 Å². The van der Waals surface area contributed by atoms with Crippen molar-refractivity contribution in [3.8, 4) is 5.75 Å². The maximum Gasteiger partial charge on any atom is 0.336 e. The van der Waals surface area contributed by atoms with Gasteiger partial charge < -0.3 is 20.9 Å². The van der Waals surface area contributed by atoms with Crippen molar-refractivity contribution in [2.45, 2.75) is 0 Å². The van der Waals surface area contributed by atoms with Crippen molar-refractivity contribution in [3.05, 3.63) is 23.3 Å². The van der Waals surface area contributed by atoms with Crippen molar-refractivity contribution in [3.63, 3.8) is 0 Å². The highest BCUT2D eigenvalue weighted by Crippen LogP contribution is 2.28. The van der Waals surface area contributed by atoms with E-state index in [9.17, 15) is 19.2 Å². The number of ether oxygens (including phenoxy) is 1. The molecule has 0 heterocycles. The van der Waals surface area contributed by atoms with E-state index in [1.165, 1.54) is 0 Å². The van der Waals surface area contributed by atoms with Gasteiger partial charge in [0.2, 0.25) is 12.3 Å². The number of aromatic carboxylic acids is 1. The maximum absolute atomic E-state index is 11.1. The van der Waals surface area contributed by atoms with Crippen LogP contribution in [0.1, 0.15) is 20.7 Å². The fourth-order valence-electron chi connectivity index (χ4n) is 1.29. The summed E-state index contributed by atoms with van der Waals surface area (Å²) in [7, 11) is 0. The third-order valence-corrected chi connectivity index (χ3v) is 2.01. The third-order valence-electron chi connectivity index (χ3n) is 2.01. The van der Waals surface area contributed by atoms with E-state index in [0.717, 1.165) is 12.1 Å². The molecule has 0 aliphatic rings. The van der Waals surface area contributed by atoms with Crippen molar-refractivity contribution in [2.24, 2.45) is 5.73 Å². The number of hydrogen-bond donors (Lipinski definition) is 3. The summed E-state index contributed by atoms with van der Waals surface area (Å²) < 4.78 is 4.50. The molecule has 0 radical (unpaired) electrons. The lowest BCUT2D eigenvalue weighted by Crippen LogP contribution is -2.17. The summed E-state index contributed by atoms with van der Waals surface area (Å²) in [5, 5.41) is 11.0. The van der Waals surface area contributed by atoms with E-state index in [-0.39, 0.29) is 29.9 Å². The van der Waals surface area contributed by atoms with Crippen LogP contribution in [0.15, 0.2) is 12.1 Å². The highest BCUT2D eigenvalue weighted by Gasteiger charge is 2.19. The Morgan fingerprint density at radius 2 is 1.94 bits per heavy atom. The van der Waals surface area contributed by atoms with E-state index >= 15 is 0 Å². The summed E-state index contributed by atoms with van der Waals surface area (Å²) in [6.45, 7) is 0.0564. The Labute approximate surface area is 100 Å². The Morgan fingerprint density at radius 1 is 1.28 bits per heavy atom. The van der Waals surface area contributed by atoms with Crippen LogP contribution in [-0.4, -0.2) is 29.9 Å². The van der Waals surface area contributed by atoms with Crippen molar-refractivity contribution in [1.82, 2.24) is 0 Å². The Balaban J connectivity index is 3.48. The molecule has 4 N–H and O–H groups in total. The van der Waals surface area contributed by atoms with Gasteiger partial charge in [-0.15, -0.1) is 0 Å². The second-order valence-corrected chi connectivity index (χ2v) is 3.04. The molecule has 0 aliphatic carbocycles. The van der Waals surface area contributed by atoms with Gasteiger partial charge in [0.15, 0.2) is 5.75 Å². The summed E-state index contributed by atoms with van der Waals surface area (Å²) in [5.41, 5.74) is 4.22. The van der Waals surface area contributed by atoms with Crippen LogP contribution in [0.25, 0.3) is 0 Å². The molecule has 94 valence electrons. The predicted molar refractivity (Wildman–Crippen MR) is 58.3 cm³/mol. The SMILES string of the molecule is NC(=O)c1cc(NC=O)c(OC=O)cc1C(=O)O. The van der Waals surface area contributed by atoms with Gasteiger partial charge in [0, 0.05) is 0 Å². The van der Waals surface area contributed by atoms with Crippen molar-refractivity contribution in [1.29, 1.82) is 0 Å². The zero-order valence-electron chi connectivity index (χ0n) is 8.88. The van der Waals surface area contributed by atoms with Gasteiger partial charge in [-0.1, -0.05) is 0 Å². The molecule has 2 amide bonds. The molecule has 1 aromatic carbocycles. The van der Waals surface area contributed by atoms with Crippen molar-refractivity contribution in [2.75, 3.05) is 5.32 Å².